The normalized spacial score (nSPS) is 11.9. The summed E-state index contributed by atoms with van der Waals surface area (Å²) >= 11 is 1.63. The van der Waals surface area contributed by atoms with Crippen LogP contribution in [-0.4, -0.2) is 29.2 Å². The van der Waals surface area contributed by atoms with E-state index in [9.17, 15) is 4.79 Å². The zero-order chi connectivity index (χ0) is 22.2. The van der Waals surface area contributed by atoms with Gasteiger partial charge in [-0.3, -0.25) is 0 Å². The number of nitrogens with zero attached hydrogens (tertiary/aromatic N) is 2. The molecular formula is C24H29N3O3S. The van der Waals surface area contributed by atoms with Crippen molar-refractivity contribution >= 4 is 28.8 Å². The largest absolute Gasteiger partial charge is 0.464 e. The third-order valence-corrected chi connectivity index (χ3v) is 5.70. The van der Waals surface area contributed by atoms with Crippen LogP contribution in [0.4, 0.5) is 11.5 Å². The fourth-order valence-corrected chi connectivity index (χ4v) is 4.03. The lowest BCUT2D eigenvalue weighted by atomic mass is 10.1. The van der Waals surface area contributed by atoms with Crippen molar-refractivity contribution in [1.29, 1.82) is 0 Å². The highest BCUT2D eigenvalue weighted by molar-refractivity contribution is 7.13. The Morgan fingerprint density at radius 1 is 1.03 bits per heavy atom. The molecule has 164 valence electrons. The molecule has 0 aliphatic carbocycles. The van der Waals surface area contributed by atoms with Gasteiger partial charge in [-0.1, -0.05) is 32.0 Å². The summed E-state index contributed by atoms with van der Waals surface area (Å²) in [7, 11) is 0. The van der Waals surface area contributed by atoms with E-state index in [1.165, 1.54) is 0 Å². The molecule has 1 aromatic carbocycles. The van der Waals surface area contributed by atoms with E-state index in [4.69, 9.17) is 19.4 Å². The Morgan fingerprint density at radius 2 is 1.81 bits per heavy atom. The van der Waals surface area contributed by atoms with Gasteiger partial charge in [0.05, 0.1) is 11.5 Å². The SMILES string of the molecule is CCOC(=O)C(OCC)c1ccc(Nc2nc(-c3cccs3)nc(CC)c2CC)cc1. The van der Waals surface area contributed by atoms with E-state index >= 15 is 0 Å². The molecule has 1 N–H and O–H groups in total. The van der Waals surface area contributed by atoms with Crippen molar-refractivity contribution in [2.24, 2.45) is 0 Å². The van der Waals surface area contributed by atoms with Crippen LogP contribution >= 0.6 is 11.3 Å². The Kier molecular flexibility index (Phi) is 8.14. The third kappa shape index (κ3) is 5.48. The lowest BCUT2D eigenvalue weighted by Gasteiger charge is -2.17. The predicted octanol–water partition coefficient (Wildman–Crippen LogP) is 5.71. The molecule has 0 fully saturated rings. The van der Waals surface area contributed by atoms with Gasteiger partial charge < -0.3 is 14.8 Å². The first-order chi connectivity index (χ1) is 15.1. The molecule has 1 atom stereocenters. The maximum absolute atomic E-state index is 12.2. The van der Waals surface area contributed by atoms with Gasteiger partial charge in [-0.2, -0.15) is 0 Å². The summed E-state index contributed by atoms with van der Waals surface area (Å²) in [5, 5.41) is 5.48. The fraction of sp³-hybridized carbons (Fsp3) is 0.375. The molecule has 0 saturated carbocycles. The van der Waals surface area contributed by atoms with Crippen molar-refractivity contribution in [3.63, 3.8) is 0 Å². The van der Waals surface area contributed by atoms with Crippen LogP contribution < -0.4 is 5.32 Å². The van der Waals surface area contributed by atoms with E-state index in [0.717, 1.165) is 51.9 Å². The van der Waals surface area contributed by atoms with Crippen LogP contribution in [0.5, 0.6) is 0 Å². The first-order valence-corrected chi connectivity index (χ1v) is 11.6. The summed E-state index contributed by atoms with van der Waals surface area (Å²) in [5.74, 6) is 1.18. The highest BCUT2D eigenvalue weighted by Gasteiger charge is 2.22. The molecule has 1 unspecified atom stereocenters. The maximum Gasteiger partial charge on any atom is 0.339 e. The second-order valence-electron chi connectivity index (χ2n) is 6.84. The van der Waals surface area contributed by atoms with E-state index in [2.05, 4.69) is 19.2 Å². The Morgan fingerprint density at radius 3 is 2.39 bits per heavy atom. The van der Waals surface area contributed by atoms with Crippen molar-refractivity contribution in [2.75, 3.05) is 18.5 Å². The molecule has 7 heteroatoms. The van der Waals surface area contributed by atoms with Crippen LogP contribution in [0.2, 0.25) is 0 Å². The molecule has 2 heterocycles. The summed E-state index contributed by atoms with van der Waals surface area (Å²) in [5.41, 5.74) is 3.82. The van der Waals surface area contributed by atoms with Gasteiger partial charge in [0.2, 0.25) is 0 Å². The molecule has 3 rings (SSSR count). The zero-order valence-corrected chi connectivity index (χ0v) is 19.3. The minimum Gasteiger partial charge on any atom is -0.464 e. The average Bonchev–Trinajstić information content (AvgIpc) is 3.33. The summed E-state index contributed by atoms with van der Waals surface area (Å²) < 4.78 is 10.8. The average molecular weight is 440 g/mol. The van der Waals surface area contributed by atoms with Crippen molar-refractivity contribution < 1.29 is 14.3 Å². The van der Waals surface area contributed by atoms with E-state index in [-0.39, 0.29) is 5.97 Å². The zero-order valence-electron chi connectivity index (χ0n) is 18.5. The number of hydrogen-bond acceptors (Lipinski definition) is 7. The number of benzene rings is 1. The summed E-state index contributed by atoms with van der Waals surface area (Å²) in [6, 6.07) is 11.7. The first kappa shape index (κ1) is 22.9. The summed E-state index contributed by atoms with van der Waals surface area (Å²) in [4.78, 5) is 22.9. The maximum atomic E-state index is 12.2. The van der Waals surface area contributed by atoms with Crippen LogP contribution in [0.15, 0.2) is 41.8 Å². The van der Waals surface area contributed by atoms with Gasteiger partial charge in [-0.05, 0) is 55.8 Å². The van der Waals surface area contributed by atoms with Crippen molar-refractivity contribution in [3.05, 3.63) is 58.6 Å². The topological polar surface area (TPSA) is 73.3 Å². The molecule has 0 spiro atoms. The Bertz CT molecular complexity index is 988. The molecule has 0 bridgehead atoms. The number of hydrogen-bond donors (Lipinski definition) is 1. The Hall–Kier alpha value is -2.77. The van der Waals surface area contributed by atoms with Crippen LogP contribution in [-0.2, 0) is 27.1 Å². The number of carbonyl (C=O) groups is 1. The van der Waals surface area contributed by atoms with Crippen molar-refractivity contribution in [3.8, 4) is 10.7 Å². The summed E-state index contributed by atoms with van der Waals surface area (Å²) in [6.45, 7) is 8.62. The predicted molar refractivity (Wildman–Crippen MR) is 125 cm³/mol. The second-order valence-corrected chi connectivity index (χ2v) is 7.79. The number of aryl methyl sites for hydroxylation is 1. The van der Waals surface area contributed by atoms with Gasteiger partial charge >= 0.3 is 5.97 Å². The minimum atomic E-state index is -0.721. The number of thiophene rings is 1. The molecule has 3 aromatic rings. The lowest BCUT2D eigenvalue weighted by Crippen LogP contribution is -2.19. The number of carbonyl (C=O) groups excluding carboxylic acids is 1. The Labute approximate surface area is 187 Å². The molecule has 6 nitrogen and oxygen atoms in total. The number of anilines is 2. The third-order valence-electron chi connectivity index (χ3n) is 4.83. The molecule has 0 amide bonds. The van der Waals surface area contributed by atoms with Gasteiger partial charge in [-0.15, -0.1) is 11.3 Å². The van der Waals surface area contributed by atoms with Crippen LogP contribution in [0.25, 0.3) is 10.7 Å². The molecule has 2 aromatic heterocycles. The van der Waals surface area contributed by atoms with Gasteiger partial charge in [0.25, 0.3) is 0 Å². The van der Waals surface area contributed by atoms with Crippen LogP contribution in [0.1, 0.15) is 50.6 Å². The van der Waals surface area contributed by atoms with Crippen molar-refractivity contribution in [1.82, 2.24) is 9.97 Å². The standard InChI is InChI=1S/C24H29N3O3S/c1-5-18-19(6-2)26-23(20-10-9-15-31-20)27-22(18)25-17-13-11-16(12-14-17)21(29-7-3)24(28)30-8-4/h9-15,21H,5-8H2,1-4H3,(H,25,26,27). The molecular weight excluding hydrogens is 410 g/mol. The first-order valence-electron chi connectivity index (χ1n) is 10.7. The van der Waals surface area contributed by atoms with Gasteiger partial charge in [-0.25, -0.2) is 14.8 Å². The molecule has 0 aliphatic heterocycles. The molecule has 0 radical (unpaired) electrons. The fourth-order valence-electron chi connectivity index (χ4n) is 3.38. The summed E-state index contributed by atoms with van der Waals surface area (Å²) in [6.07, 6.45) is 0.956. The lowest BCUT2D eigenvalue weighted by molar-refractivity contribution is -0.157. The van der Waals surface area contributed by atoms with Gasteiger partial charge in [0.15, 0.2) is 11.9 Å². The highest BCUT2D eigenvalue weighted by Crippen LogP contribution is 2.29. The number of rotatable bonds is 10. The van der Waals surface area contributed by atoms with Gasteiger partial charge in [0, 0.05) is 23.6 Å². The highest BCUT2D eigenvalue weighted by atomic mass is 32.1. The molecule has 0 saturated heterocycles. The van der Waals surface area contributed by atoms with Crippen LogP contribution in [0.3, 0.4) is 0 Å². The minimum absolute atomic E-state index is 0.321. The number of nitrogens with one attached hydrogen (secondary N) is 1. The number of aromatic nitrogens is 2. The van der Waals surface area contributed by atoms with E-state index < -0.39 is 6.10 Å². The van der Waals surface area contributed by atoms with Crippen molar-refractivity contribution in [2.45, 2.75) is 46.6 Å². The van der Waals surface area contributed by atoms with E-state index in [1.54, 1.807) is 18.3 Å². The monoisotopic (exact) mass is 439 g/mol. The number of esters is 1. The smallest absolute Gasteiger partial charge is 0.339 e. The second kappa shape index (κ2) is 11.0. The van der Waals surface area contributed by atoms with E-state index in [0.29, 0.717) is 13.2 Å². The Balaban J connectivity index is 1.89. The quantitative estimate of drug-likeness (QED) is 0.408. The number of ether oxygens (including phenoxy) is 2. The molecule has 0 aliphatic rings. The molecule has 31 heavy (non-hydrogen) atoms. The van der Waals surface area contributed by atoms with Crippen LogP contribution in [0, 0.1) is 0 Å². The van der Waals surface area contributed by atoms with E-state index in [1.807, 2.05) is 48.7 Å². The van der Waals surface area contributed by atoms with Gasteiger partial charge in [0.1, 0.15) is 5.82 Å².